The summed E-state index contributed by atoms with van der Waals surface area (Å²) in [6, 6.07) is 11.3. The van der Waals surface area contributed by atoms with Crippen molar-refractivity contribution in [3.8, 4) is 11.5 Å². The van der Waals surface area contributed by atoms with Gasteiger partial charge in [0.2, 0.25) is 0 Å². The fraction of sp³-hybridized carbons (Fsp3) is 0.235. The van der Waals surface area contributed by atoms with Crippen molar-refractivity contribution in [1.29, 1.82) is 0 Å². The highest BCUT2D eigenvalue weighted by atomic mass is 16.6. The number of benzene rings is 2. The minimum Gasteiger partial charge on any atom is -0.497 e. The summed E-state index contributed by atoms with van der Waals surface area (Å²) < 4.78 is 10.6. The number of anilines is 1. The third-order valence-electron chi connectivity index (χ3n) is 3.40. The molecular formula is C17H18N2O5. The molecule has 2 aromatic rings. The zero-order valence-corrected chi connectivity index (χ0v) is 13.6. The van der Waals surface area contributed by atoms with Gasteiger partial charge in [-0.3, -0.25) is 14.9 Å². The first kappa shape index (κ1) is 17.3. The van der Waals surface area contributed by atoms with Crippen LogP contribution in [0.3, 0.4) is 0 Å². The molecular weight excluding hydrogens is 312 g/mol. The van der Waals surface area contributed by atoms with Gasteiger partial charge in [0.05, 0.1) is 12.0 Å². The van der Waals surface area contributed by atoms with Crippen molar-refractivity contribution in [2.75, 3.05) is 12.4 Å². The van der Waals surface area contributed by atoms with Gasteiger partial charge in [0.25, 0.3) is 11.6 Å². The number of aryl methyl sites for hydroxylation is 1. The molecule has 0 saturated carbocycles. The van der Waals surface area contributed by atoms with Crippen molar-refractivity contribution >= 4 is 17.3 Å². The standard InChI is InChI=1S/C17H18N2O5/c1-11-10-15(8-9-16(11)19(21)22)24-12(2)17(20)18-13-4-6-14(23-3)7-5-13/h4-10,12H,1-3H3,(H,18,20)/t12-/m1/s1. The number of amides is 1. The van der Waals surface area contributed by atoms with E-state index >= 15 is 0 Å². The van der Waals surface area contributed by atoms with Crippen LogP contribution < -0.4 is 14.8 Å². The zero-order valence-electron chi connectivity index (χ0n) is 13.6. The number of hydrogen-bond donors (Lipinski definition) is 1. The number of ether oxygens (including phenoxy) is 2. The molecule has 0 unspecified atom stereocenters. The normalized spacial score (nSPS) is 11.5. The Morgan fingerprint density at radius 3 is 2.33 bits per heavy atom. The lowest BCUT2D eigenvalue weighted by molar-refractivity contribution is -0.385. The van der Waals surface area contributed by atoms with Gasteiger partial charge >= 0.3 is 0 Å². The van der Waals surface area contributed by atoms with Crippen LogP contribution in [0.2, 0.25) is 0 Å². The summed E-state index contributed by atoms with van der Waals surface area (Å²) in [4.78, 5) is 22.5. The van der Waals surface area contributed by atoms with E-state index in [1.807, 2.05) is 0 Å². The fourth-order valence-electron chi connectivity index (χ4n) is 2.08. The maximum absolute atomic E-state index is 12.2. The Bertz CT molecular complexity index is 743. The zero-order chi connectivity index (χ0) is 17.7. The van der Waals surface area contributed by atoms with E-state index in [1.54, 1.807) is 45.2 Å². The molecule has 0 saturated heterocycles. The summed E-state index contributed by atoms with van der Waals surface area (Å²) >= 11 is 0. The second-order valence-corrected chi connectivity index (χ2v) is 5.18. The number of hydrogen-bond acceptors (Lipinski definition) is 5. The second kappa shape index (κ2) is 7.45. The molecule has 2 rings (SSSR count). The fourth-order valence-corrected chi connectivity index (χ4v) is 2.08. The molecule has 0 bridgehead atoms. The summed E-state index contributed by atoms with van der Waals surface area (Å²) in [5.74, 6) is 0.769. The van der Waals surface area contributed by atoms with E-state index in [0.717, 1.165) is 0 Å². The van der Waals surface area contributed by atoms with Crippen molar-refractivity contribution < 1.29 is 19.2 Å². The lowest BCUT2D eigenvalue weighted by atomic mass is 10.2. The summed E-state index contributed by atoms with van der Waals surface area (Å²) in [6.07, 6.45) is -0.757. The van der Waals surface area contributed by atoms with E-state index in [9.17, 15) is 14.9 Å². The smallest absolute Gasteiger partial charge is 0.272 e. The number of rotatable bonds is 6. The molecule has 1 amide bonds. The third kappa shape index (κ3) is 4.22. The number of nitrogens with zero attached hydrogens (tertiary/aromatic N) is 1. The van der Waals surface area contributed by atoms with Crippen LogP contribution in [0, 0.1) is 17.0 Å². The molecule has 0 aromatic heterocycles. The van der Waals surface area contributed by atoms with Crippen LogP contribution in [-0.4, -0.2) is 24.0 Å². The van der Waals surface area contributed by atoms with Crippen molar-refractivity contribution in [3.05, 3.63) is 58.1 Å². The number of nitro groups is 1. The van der Waals surface area contributed by atoms with Gasteiger partial charge in [0, 0.05) is 17.3 Å². The van der Waals surface area contributed by atoms with Gasteiger partial charge in [-0.1, -0.05) is 0 Å². The number of methoxy groups -OCH3 is 1. The Kier molecular flexibility index (Phi) is 5.36. The number of carbonyl (C=O) groups excluding carboxylic acids is 1. The maximum atomic E-state index is 12.2. The molecule has 126 valence electrons. The lowest BCUT2D eigenvalue weighted by Crippen LogP contribution is -2.30. The Labute approximate surface area is 139 Å². The molecule has 1 N–H and O–H groups in total. The minimum absolute atomic E-state index is 0.0117. The van der Waals surface area contributed by atoms with Crippen LogP contribution in [0.1, 0.15) is 12.5 Å². The van der Waals surface area contributed by atoms with E-state index in [1.165, 1.54) is 18.2 Å². The van der Waals surface area contributed by atoms with Crippen LogP contribution in [-0.2, 0) is 4.79 Å². The van der Waals surface area contributed by atoms with Gasteiger partial charge in [0.1, 0.15) is 11.5 Å². The Hall–Kier alpha value is -3.09. The molecule has 0 aliphatic heterocycles. The summed E-state index contributed by atoms with van der Waals surface area (Å²) in [6.45, 7) is 3.22. The predicted octanol–water partition coefficient (Wildman–Crippen LogP) is 3.32. The van der Waals surface area contributed by atoms with E-state index in [-0.39, 0.29) is 11.6 Å². The molecule has 24 heavy (non-hydrogen) atoms. The monoisotopic (exact) mass is 330 g/mol. The van der Waals surface area contributed by atoms with E-state index < -0.39 is 11.0 Å². The highest BCUT2D eigenvalue weighted by molar-refractivity contribution is 5.94. The number of nitro benzene ring substituents is 1. The van der Waals surface area contributed by atoms with Crippen LogP contribution in [0.4, 0.5) is 11.4 Å². The molecule has 0 radical (unpaired) electrons. The topological polar surface area (TPSA) is 90.7 Å². The highest BCUT2D eigenvalue weighted by Crippen LogP contribution is 2.24. The molecule has 0 aliphatic rings. The summed E-state index contributed by atoms with van der Waals surface area (Å²) in [7, 11) is 1.57. The number of carbonyl (C=O) groups is 1. The maximum Gasteiger partial charge on any atom is 0.272 e. The molecule has 7 nitrogen and oxygen atoms in total. The van der Waals surface area contributed by atoms with E-state index in [2.05, 4.69) is 5.32 Å². The quantitative estimate of drug-likeness (QED) is 0.648. The summed E-state index contributed by atoms with van der Waals surface area (Å²) in [5, 5.41) is 13.5. The summed E-state index contributed by atoms with van der Waals surface area (Å²) in [5.41, 5.74) is 1.11. The first-order chi connectivity index (χ1) is 11.4. The van der Waals surface area contributed by atoms with Crippen LogP contribution in [0.15, 0.2) is 42.5 Å². The van der Waals surface area contributed by atoms with E-state index in [0.29, 0.717) is 22.7 Å². The van der Waals surface area contributed by atoms with Crippen molar-refractivity contribution in [2.24, 2.45) is 0 Å². The lowest BCUT2D eigenvalue weighted by Gasteiger charge is -2.15. The number of nitrogens with one attached hydrogen (secondary N) is 1. The Balaban J connectivity index is 2.00. The Morgan fingerprint density at radius 1 is 1.17 bits per heavy atom. The van der Waals surface area contributed by atoms with Crippen LogP contribution in [0.5, 0.6) is 11.5 Å². The van der Waals surface area contributed by atoms with Crippen molar-refractivity contribution in [2.45, 2.75) is 20.0 Å². The van der Waals surface area contributed by atoms with Crippen LogP contribution in [0.25, 0.3) is 0 Å². The van der Waals surface area contributed by atoms with Crippen LogP contribution >= 0.6 is 0 Å². The highest BCUT2D eigenvalue weighted by Gasteiger charge is 2.17. The average molecular weight is 330 g/mol. The second-order valence-electron chi connectivity index (χ2n) is 5.18. The molecule has 0 fully saturated rings. The molecule has 0 spiro atoms. The minimum atomic E-state index is -0.757. The molecule has 1 atom stereocenters. The third-order valence-corrected chi connectivity index (χ3v) is 3.40. The molecule has 7 heteroatoms. The SMILES string of the molecule is COc1ccc(NC(=O)[C@@H](C)Oc2ccc([N+](=O)[O-])c(C)c2)cc1. The van der Waals surface area contributed by atoms with Crippen molar-refractivity contribution in [1.82, 2.24) is 0 Å². The average Bonchev–Trinajstić information content (AvgIpc) is 2.55. The predicted molar refractivity (Wildman–Crippen MR) is 89.5 cm³/mol. The first-order valence-electron chi connectivity index (χ1n) is 7.27. The van der Waals surface area contributed by atoms with Gasteiger partial charge in [-0.15, -0.1) is 0 Å². The van der Waals surface area contributed by atoms with E-state index in [4.69, 9.17) is 9.47 Å². The molecule has 2 aromatic carbocycles. The first-order valence-corrected chi connectivity index (χ1v) is 7.27. The molecule has 0 heterocycles. The van der Waals surface area contributed by atoms with Gasteiger partial charge in [-0.05, 0) is 50.2 Å². The largest absolute Gasteiger partial charge is 0.497 e. The van der Waals surface area contributed by atoms with Gasteiger partial charge in [0.15, 0.2) is 6.10 Å². The van der Waals surface area contributed by atoms with Crippen molar-refractivity contribution in [3.63, 3.8) is 0 Å². The van der Waals surface area contributed by atoms with Gasteiger partial charge in [-0.2, -0.15) is 0 Å². The van der Waals surface area contributed by atoms with Gasteiger partial charge < -0.3 is 14.8 Å². The van der Waals surface area contributed by atoms with Gasteiger partial charge in [-0.25, -0.2) is 0 Å². The molecule has 0 aliphatic carbocycles. The Morgan fingerprint density at radius 2 is 1.79 bits per heavy atom.